The SMILES string of the molecule is COc1ccc(C2=CC3CCC(C2)N3C(=O)OCC2c3ccccc3-c3ccccc32)cc1Cl. The van der Waals surface area contributed by atoms with E-state index in [-0.39, 0.29) is 24.1 Å². The van der Waals surface area contributed by atoms with Gasteiger partial charge in [-0.1, -0.05) is 72.3 Å². The number of hydrogen-bond donors (Lipinski definition) is 0. The van der Waals surface area contributed by atoms with Gasteiger partial charge in [-0.2, -0.15) is 0 Å². The molecule has 1 aliphatic carbocycles. The van der Waals surface area contributed by atoms with Crippen molar-refractivity contribution in [2.75, 3.05) is 13.7 Å². The Hall–Kier alpha value is -3.24. The van der Waals surface area contributed by atoms with Crippen LogP contribution in [-0.4, -0.2) is 36.8 Å². The lowest BCUT2D eigenvalue weighted by atomic mass is 9.95. The molecule has 172 valence electrons. The van der Waals surface area contributed by atoms with E-state index in [4.69, 9.17) is 21.1 Å². The summed E-state index contributed by atoms with van der Waals surface area (Å²) >= 11 is 6.35. The second kappa shape index (κ2) is 8.52. The topological polar surface area (TPSA) is 38.8 Å². The van der Waals surface area contributed by atoms with E-state index in [1.54, 1.807) is 7.11 Å². The highest BCUT2D eigenvalue weighted by Gasteiger charge is 2.41. The fourth-order valence-electron chi connectivity index (χ4n) is 5.86. The molecule has 4 nitrogen and oxygen atoms in total. The normalized spacial score (nSPS) is 20.5. The van der Waals surface area contributed by atoms with E-state index < -0.39 is 0 Å². The Balaban J connectivity index is 1.19. The van der Waals surface area contributed by atoms with E-state index >= 15 is 0 Å². The van der Waals surface area contributed by atoms with Gasteiger partial charge in [-0.3, -0.25) is 4.90 Å². The molecule has 2 aliphatic heterocycles. The smallest absolute Gasteiger partial charge is 0.410 e. The van der Waals surface area contributed by atoms with Crippen molar-refractivity contribution < 1.29 is 14.3 Å². The van der Waals surface area contributed by atoms with Crippen LogP contribution in [0.5, 0.6) is 5.75 Å². The molecule has 1 amide bonds. The van der Waals surface area contributed by atoms with Crippen molar-refractivity contribution in [1.29, 1.82) is 0 Å². The molecular weight excluding hydrogens is 446 g/mol. The molecular formula is C29H26ClNO3. The van der Waals surface area contributed by atoms with Crippen LogP contribution in [0.4, 0.5) is 4.79 Å². The third-order valence-electron chi connectivity index (χ3n) is 7.46. The van der Waals surface area contributed by atoms with E-state index in [1.807, 2.05) is 23.1 Å². The van der Waals surface area contributed by atoms with Gasteiger partial charge in [0.2, 0.25) is 0 Å². The summed E-state index contributed by atoms with van der Waals surface area (Å²) in [5.41, 5.74) is 7.27. The van der Waals surface area contributed by atoms with E-state index in [9.17, 15) is 4.79 Å². The maximum absolute atomic E-state index is 13.3. The predicted octanol–water partition coefficient (Wildman–Crippen LogP) is 6.92. The van der Waals surface area contributed by atoms with Gasteiger partial charge in [-0.25, -0.2) is 4.79 Å². The van der Waals surface area contributed by atoms with Crippen molar-refractivity contribution in [3.05, 3.63) is 94.5 Å². The summed E-state index contributed by atoms with van der Waals surface area (Å²) in [4.78, 5) is 15.2. The summed E-state index contributed by atoms with van der Waals surface area (Å²) in [7, 11) is 1.62. The minimum absolute atomic E-state index is 0.0604. The highest BCUT2D eigenvalue weighted by molar-refractivity contribution is 6.32. The Bertz CT molecular complexity index is 1250. The summed E-state index contributed by atoms with van der Waals surface area (Å²) in [6.07, 6.45) is 4.75. The van der Waals surface area contributed by atoms with E-state index in [2.05, 4.69) is 54.6 Å². The van der Waals surface area contributed by atoms with E-state index in [1.165, 1.54) is 27.8 Å². The molecule has 0 saturated carbocycles. The molecule has 2 bridgehead atoms. The van der Waals surface area contributed by atoms with Crippen LogP contribution in [0, 0.1) is 0 Å². The average Bonchev–Trinajstić information content (AvgIpc) is 3.33. The highest BCUT2D eigenvalue weighted by Crippen LogP contribution is 2.45. The lowest BCUT2D eigenvalue weighted by Crippen LogP contribution is -2.43. The molecule has 2 atom stereocenters. The van der Waals surface area contributed by atoms with Crippen LogP contribution in [0.3, 0.4) is 0 Å². The summed E-state index contributed by atoms with van der Waals surface area (Å²) in [5, 5.41) is 0.604. The van der Waals surface area contributed by atoms with Crippen molar-refractivity contribution in [1.82, 2.24) is 4.90 Å². The summed E-state index contributed by atoms with van der Waals surface area (Å²) in [5.74, 6) is 0.747. The zero-order chi connectivity index (χ0) is 23.2. The molecule has 3 aromatic carbocycles. The lowest BCUT2D eigenvalue weighted by Gasteiger charge is -2.33. The Morgan fingerprint density at radius 3 is 2.35 bits per heavy atom. The lowest BCUT2D eigenvalue weighted by molar-refractivity contribution is 0.0866. The van der Waals surface area contributed by atoms with E-state index in [0.717, 1.165) is 24.8 Å². The number of rotatable bonds is 4. The van der Waals surface area contributed by atoms with Gasteiger partial charge in [-0.05, 0) is 64.8 Å². The molecule has 1 fully saturated rings. The van der Waals surface area contributed by atoms with Crippen LogP contribution in [0.2, 0.25) is 5.02 Å². The van der Waals surface area contributed by atoms with Crippen LogP contribution in [0.15, 0.2) is 72.8 Å². The van der Waals surface area contributed by atoms with Crippen molar-refractivity contribution >= 4 is 23.3 Å². The maximum atomic E-state index is 13.3. The fraction of sp³-hybridized carbons (Fsp3) is 0.276. The summed E-state index contributed by atoms with van der Waals surface area (Å²) in [6, 6.07) is 22.9. The Kier molecular flexibility index (Phi) is 5.34. The standard InChI is InChI=1S/C29H26ClNO3/c1-33-28-13-10-18(16-27(28)30)19-14-20-11-12-21(15-19)31(20)29(32)34-17-26-24-8-4-2-6-22(24)23-7-3-5-9-25(23)26/h2-10,13-14,16,20-21,26H,11-12,15,17H2,1H3. The molecule has 3 aromatic rings. The zero-order valence-corrected chi connectivity index (χ0v) is 19.8. The second-order valence-electron chi connectivity index (χ2n) is 9.26. The van der Waals surface area contributed by atoms with Gasteiger partial charge < -0.3 is 9.47 Å². The van der Waals surface area contributed by atoms with Gasteiger partial charge in [0, 0.05) is 12.0 Å². The summed E-state index contributed by atoms with van der Waals surface area (Å²) < 4.78 is 11.3. The van der Waals surface area contributed by atoms with Gasteiger partial charge in [0.15, 0.2) is 0 Å². The number of benzene rings is 3. The van der Waals surface area contributed by atoms with Crippen LogP contribution in [-0.2, 0) is 4.74 Å². The maximum Gasteiger partial charge on any atom is 0.410 e. The molecule has 6 rings (SSSR count). The number of fused-ring (bicyclic) bond motifs is 5. The monoisotopic (exact) mass is 471 g/mol. The fourth-order valence-corrected chi connectivity index (χ4v) is 6.12. The molecule has 2 heterocycles. The number of carbonyl (C=O) groups excluding carboxylic acids is 1. The molecule has 34 heavy (non-hydrogen) atoms. The molecule has 0 aromatic heterocycles. The van der Waals surface area contributed by atoms with Gasteiger partial charge in [0.1, 0.15) is 12.4 Å². The molecule has 0 N–H and O–H groups in total. The average molecular weight is 472 g/mol. The van der Waals surface area contributed by atoms with Crippen molar-refractivity contribution in [2.45, 2.75) is 37.3 Å². The zero-order valence-electron chi connectivity index (χ0n) is 19.0. The van der Waals surface area contributed by atoms with Crippen LogP contribution >= 0.6 is 11.6 Å². The van der Waals surface area contributed by atoms with E-state index in [0.29, 0.717) is 17.4 Å². The number of halogens is 1. The third-order valence-corrected chi connectivity index (χ3v) is 7.76. The predicted molar refractivity (Wildman–Crippen MR) is 134 cm³/mol. The Morgan fingerprint density at radius 2 is 1.71 bits per heavy atom. The number of carbonyl (C=O) groups is 1. The molecule has 2 unspecified atom stereocenters. The molecule has 0 radical (unpaired) electrons. The molecule has 3 aliphatic rings. The second-order valence-corrected chi connectivity index (χ2v) is 9.66. The van der Waals surface area contributed by atoms with Gasteiger partial charge in [-0.15, -0.1) is 0 Å². The van der Waals surface area contributed by atoms with Crippen LogP contribution in [0.25, 0.3) is 16.7 Å². The highest BCUT2D eigenvalue weighted by atomic mass is 35.5. The molecule has 1 saturated heterocycles. The quantitative estimate of drug-likeness (QED) is 0.414. The van der Waals surface area contributed by atoms with Crippen molar-refractivity contribution in [3.63, 3.8) is 0 Å². The number of amides is 1. The van der Waals surface area contributed by atoms with Gasteiger partial charge in [0.05, 0.1) is 18.2 Å². The minimum atomic E-state index is -0.211. The largest absolute Gasteiger partial charge is 0.495 e. The number of hydrogen-bond acceptors (Lipinski definition) is 3. The summed E-state index contributed by atoms with van der Waals surface area (Å²) in [6.45, 7) is 0.355. The number of methoxy groups -OCH3 is 1. The first-order valence-electron chi connectivity index (χ1n) is 11.8. The van der Waals surface area contributed by atoms with Crippen LogP contribution < -0.4 is 4.74 Å². The number of ether oxygens (including phenoxy) is 2. The van der Waals surface area contributed by atoms with Gasteiger partial charge >= 0.3 is 6.09 Å². The minimum Gasteiger partial charge on any atom is -0.495 e. The van der Waals surface area contributed by atoms with Gasteiger partial charge in [0.25, 0.3) is 0 Å². The third kappa shape index (κ3) is 3.48. The van der Waals surface area contributed by atoms with Crippen LogP contribution in [0.1, 0.15) is 41.9 Å². The first kappa shape index (κ1) is 21.3. The first-order valence-corrected chi connectivity index (χ1v) is 12.2. The first-order chi connectivity index (χ1) is 16.6. The Labute approximate surface area is 204 Å². The molecule has 0 spiro atoms. The number of nitrogens with zero attached hydrogens (tertiary/aromatic N) is 1. The van der Waals surface area contributed by atoms with Crippen molar-refractivity contribution in [3.8, 4) is 16.9 Å². The van der Waals surface area contributed by atoms with Crippen molar-refractivity contribution in [2.24, 2.45) is 0 Å². The Morgan fingerprint density at radius 1 is 1.00 bits per heavy atom. The molecule has 5 heteroatoms.